The minimum absolute atomic E-state index is 0.101. The molecule has 0 saturated carbocycles. The molecule has 1 aliphatic rings. The van der Waals surface area contributed by atoms with E-state index < -0.39 is 6.04 Å². The molecule has 8 heteroatoms. The number of anilines is 1. The van der Waals surface area contributed by atoms with Crippen LogP contribution in [0.2, 0.25) is 0 Å². The van der Waals surface area contributed by atoms with Gasteiger partial charge in [0.25, 0.3) is 5.91 Å². The number of aromatic nitrogens is 3. The Morgan fingerprint density at radius 1 is 1.19 bits per heavy atom. The number of nitrogens with two attached hydrogens (primary N) is 1. The maximum atomic E-state index is 13.5. The minimum Gasteiger partial charge on any atom is -0.345 e. The number of carbonyl (C=O) groups is 2. The number of nitrogens with one attached hydrogen (secondary N) is 1. The molecule has 2 aromatic heterocycles. The van der Waals surface area contributed by atoms with E-state index in [1.165, 1.54) is 0 Å². The van der Waals surface area contributed by atoms with Crippen LogP contribution in [0, 0.1) is 6.92 Å². The first-order valence-corrected chi connectivity index (χ1v) is 12.2. The Morgan fingerprint density at radius 2 is 2.00 bits per heavy atom. The van der Waals surface area contributed by atoms with Crippen LogP contribution in [0.3, 0.4) is 0 Å². The van der Waals surface area contributed by atoms with Gasteiger partial charge in [-0.2, -0.15) is 5.10 Å². The number of nitrogens with zero attached hydrogens (tertiary/aromatic N) is 4. The Morgan fingerprint density at radius 3 is 2.78 bits per heavy atom. The number of pyridine rings is 1. The number of benzene rings is 2. The van der Waals surface area contributed by atoms with Gasteiger partial charge in [0.2, 0.25) is 5.91 Å². The second kappa shape index (κ2) is 9.54. The lowest BCUT2D eigenvalue weighted by Gasteiger charge is -2.31. The molecule has 1 aliphatic heterocycles. The smallest absolute Gasteiger partial charge is 0.252 e. The van der Waals surface area contributed by atoms with Gasteiger partial charge in [0.05, 0.1) is 29.5 Å². The fourth-order valence-corrected chi connectivity index (χ4v) is 4.80. The zero-order valence-corrected chi connectivity index (χ0v) is 20.7. The predicted octanol–water partition coefficient (Wildman–Crippen LogP) is 3.89. The van der Waals surface area contributed by atoms with Crippen LogP contribution in [0.4, 0.5) is 5.69 Å². The summed E-state index contributed by atoms with van der Waals surface area (Å²) in [5.41, 5.74) is 11.6. The molecule has 2 atom stereocenters. The van der Waals surface area contributed by atoms with Gasteiger partial charge in [-0.25, -0.2) is 4.98 Å². The van der Waals surface area contributed by atoms with Crippen molar-refractivity contribution in [3.63, 3.8) is 0 Å². The number of rotatable bonds is 5. The first-order valence-electron chi connectivity index (χ1n) is 12.2. The standard InChI is InChI=1S/C28H30N6O2/c1-17-10-11-20(34-12-6-8-24(29)28(34)36)13-22(17)27(35)31-18(2)23-14-26(19-15-30-33(3)16-19)32-25-9-5-4-7-21(23)25/h4-5,7,9-11,13-16,18,24H,6,8,12,29H2,1-3H3,(H,31,35)/t18-,24?/m1/s1. The highest BCUT2D eigenvalue weighted by Crippen LogP contribution is 2.29. The van der Waals surface area contributed by atoms with Crippen LogP contribution in [0.15, 0.2) is 60.9 Å². The van der Waals surface area contributed by atoms with E-state index in [2.05, 4.69) is 10.4 Å². The molecule has 3 heterocycles. The van der Waals surface area contributed by atoms with Gasteiger partial charge in [0.15, 0.2) is 0 Å². The molecular formula is C28H30N6O2. The van der Waals surface area contributed by atoms with Crippen LogP contribution < -0.4 is 16.0 Å². The summed E-state index contributed by atoms with van der Waals surface area (Å²) in [6.07, 6.45) is 5.24. The SMILES string of the molecule is Cc1ccc(N2CCCC(N)C2=O)cc1C(=O)N[C@H](C)c1cc(-c2cnn(C)c2)nc2ccccc12. The molecule has 1 fully saturated rings. The van der Waals surface area contributed by atoms with Gasteiger partial charge in [-0.3, -0.25) is 14.3 Å². The van der Waals surface area contributed by atoms with E-state index in [-0.39, 0.29) is 17.9 Å². The van der Waals surface area contributed by atoms with Crippen LogP contribution in [0.5, 0.6) is 0 Å². The van der Waals surface area contributed by atoms with E-state index >= 15 is 0 Å². The summed E-state index contributed by atoms with van der Waals surface area (Å²) in [6, 6.07) is 14.7. The van der Waals surface area contributed by atoms with Crippen LogP contribution in [0.25, 0.3) is 22.2 Å². The maximum absolute atomic E-state index is 13.5. The van der Waals surface area contributed by atoms with Gasteiger partial charge >= 0.3 is 0 Å². The largest absolute Gasteiger partial charge is 0.345 e. The number of amides is 2. The molecule has 36 heavy (non-hydrogen) atoms. The lowest BCUT2D eigenvalue weighted by Crippen LogP contribution is -2.48. The molecule has 5 rings (SSSR count). The van der Waals surface area contributed by atoms with E-state index in [1.54, 1.807) is 21.8 Å². The fraction of sp³-hybridized carbons (Fsp3) is 0.286. The summed E-state index contributed by atoms with van der Waals surface area (Å²) in [5.74, 6) is -0.296. The van der Waals surface area contributed by atoms with Gasteiger partial charge in [0, 0.05) is 42.0 Å². The summed E-state index contributed by atoms with van der Waals surface area (Å²) in [4.78, 5) is 32.6. The summed E-state index contributed by atoms with van der Waals surface area (Å²) in [5, 5.41) is 8.42. The number of aryl methyl sites for hydroxylation is 2. The Bertz CT molecular complexity index is 1460. The molecule has 0 spiro atoms. The average molecular weight is 483 g/mol. The molecule has 0 aliphatic carbocycles. The Hall–Kier alpha value is -4.04. The van der Waals surface area contributed by atoms with Crippen molar-refractivity contribution in [3.05, 3.63) is 77.6 Å². The highest BCUT2D eigenvalue weighted by atomic mass is 16.2. The van der Waals surface area contributed by atoms with Crippen molar-refractivity contribution in [2.75, 3.05) is 11.4 Å². The second-order valence-electron chi connectivity index (χ2n) is 9.45. The van der Waals surface area contributed by atoms with Crippen molar-refractivity contribution in [2.45, 2.75) is 38.8 Å². The van der Waals surface area contributed by atoms with Crippen molar-refractivity contribution < 1.29 is 9.59 Å². The highest BCUT2D eigenvalue weighted by Gasteiger charge is 2.27. The first kappa shape index (κ1) is 23.7. The molecule has 1 saturated heterocycles. The van der Waals surface area contributed by atoms with Gasteiger partial charge in [-0.1, -0.05) is 24.3 Å². The van der Waals surface area contributed by atoms with Crippen molar-refractivity contribution >= 4 is 28.4 Å². The zero-order chi connectivity index (χ0) is 25.4. The third kappa shape index (κ3) is 4.47. The third-order valence-corrected chi connectivity index (χ3v) is 6.82. The molecule has 4 aromatic rings. The summed E-state index contributed by atoms with van der Waals surface area (Å²) < 4.78 is 1.74. The summed E-state index contributed by atoms with van der Waals surface area (Å²) in [6.45, 7) is 4.47. The highest BCUT2D eigenvalue weighted by molar-refractivity contribution is 6.01. The maximum Gasteiger partial charge on any atom is 0.252 e. The third-order valence-electron chi connectivity index (χ3n) is 6.82. The monoisotopic (exact) mass is 482 g/mol. The van der Waals surface area contributed by atoms with E-state index in [4.69, 9.17) is 10.7 Å². The Kier molecular flexibility index (Phi) is 6.28. The van der Waals surface area contributed by atoms with Crippen molar-refractivity contribution in [3.8, 4) is 11.3 Å². The van der Waals surface area contributed by atoms with Crippen molar-refractivity contribution in [1.29, 1.82) is 0 Å². The number of carbonyl (C=O) groups excluding carboxylic acids is 2. The molecular weight excluding hydrogens is 452 g/mol. The molecule has 0 radical (unpaired) electrons. The van der Waals surface area contributed by atoms with E-state index in [0.717, 1.165) is 39.7 Å². The average Bonchev–Trinajstić information content (AvgIpc) is 3.31. The van der Waals surface area contributed by atoms with Gasteiger partial charge in [-0.05, 0) is 62.1 Å². The molecule has 1 unspecified atom stereocenters. The van der Waals surface area contributed by atoms with E-state index in [0.29, 0.717) is 24.2 Å². The van der Waals surface area contributed by atoms with E-state index in [9.17, 15) is 9.59 Å². The lowest BCUT2D eigenvalue weighted by atomic mass is 9.99. The molecule has 2 amide bonds. The molecule has 2 aromatic carbocycles. The Labute approximate surface area is 210 Å². The summed E-state index contributed by atoms with van der Waals surface area (Å²) >= 11 is 0. The van der Waals surface area contributed by atoms with Crippen LogP contribution in [-0.4, -0.2) is 39.2 Å². The molecule has 184 valence electrons. The summed E-state index contributed by atoms with van der Waals surface area (Å²) in [7, 11) is 1.87. The van der Waals surface area contributed by atoms with Gasteiger partial charge in [-0.15, -0.1) is 0 Å². The molecule has 0 bridgehead atoms. The van der Waals surface area contributed by atoms with Gasteiger partial charge in [0.1, 0.15) is 0 Å². The quantitative estimate of drug-likeness (QED) is 0.449. The lowest BCUT2D eigenvalue weighted by molar-refractivity contribution is -0.120. The Balaban J connectivity index is 1.46. The first-order chi connectivity index (χ1) is 17.3. The molecule has 3 N–H and O–H groups in total. The zero-order valence-electron chi connectivity index (χ0n) is 20.7. The van der Waals surface area contributed by atoms with E-state index in [1.807, 2.05) is 69.6 Å². The second-order valence-corrected chi connectivity index (χ2v) is 9.45. The number of hydrogen-bond acceptors (Lipinski definition) is 5. The van der Waals surface area contributed by atoms with Gasteiger partial charge < -0.3 is 16.0 Å². The number of piperidine rings is 1. The van der Waals surface area contributed by atoms with Crippen LogP contribution in [0.1, 0.15) is 47.3 Å². The number of para-hydroxylation sites is 1. The number of hydrogen-bond donors (Lipinski definition) is 2. The van der Waals surface area contributed by atoms with Crippen molar-refractivity contribution in [1.82, 2.24) is 20.1 Å². The molecule has 8 nitrogen and oxygen atoms in total. The predicted molar refractivity (Wildman–Crippen MR) is 141 cm³/mol. The normalized spacial score (nSPS) is 16.8. The minimum atomic E-state index is -0.494. The fourth-order valence-electron chi connectivity index (χ4n) is 4.80. The van der Waals surface area contributed by atoms with Crippen molar-refractivity contribution in [2.24, 2.45) is 12.8 Å². The number of fused-ring (bicyclic) bond motifs is 1. The topological polar surface area (TPSA) is 106 Å². The van der Waals surface area contributed by atoms with Crippen LogP contribution in [-0.2, 0) is 11.8 Å². The van der Waals surface area contributed by atoms with Crippen LogP contribution >= 0.6 is 0 Å².